The van der Waals surface area contributed by atoms with Crippen LogP contribution in [0.5, 0.6) is 0 Å². The van der Waals surface area contributed by atoms with Gasteiger partial charge in [0.15, 0.2) is 0 Å². The van der Waals surface area contributed by atoms with Gasteiger partial charge in [-0.05, 0) is 19.3 Å². The number of nitrogens with zero attached hydrogens (tertiary/aromatic N) is 2. The number of hydrogen-bond donors (Lipinski definition) is 1. The Bertz CT molecular complexity index is 343. The standard InChI is InChI=1S/C14H25N3O3/c15-11-12-3-1-2-6-17(12)14(19)5-4-13(18)16-7-9-20-10-8-16/h12H,1-11,15H2. The molecule has 2 heterocycles. The first-order chi connectivity index (χ1) is 9.72. The van der Waals surface area contributed by atoms with E-state index in [-0.39, 0.29) is 17.9 Å². The Morgan fingerprint density at radius 2 is 1.75 bits per heavy atom. The topological polar surface area (TPSA) is 75.9 Å². The van der Waals surface area contributed by atoms with Crippen molar-refractivity contribution in [3.8, 4) is 0 Å². The summed E-state index contributed by atoms with van der Waals surface area (Å²) in [6.45, 7) is 3.78. The van der Waals surface area contributed by atoms with E-state index in [1.165, 1.54) is 0 Å². The maximum atomic E-state index is 12.2. The van der Waals surface area contributed by atoms with Gasteiger partial charge in [-0.3, -0.25) is 9.59 Å². The number of carbonyl (C=O) groups is 2. The molecular weight excluding hydrogens is 258 g/mol. The van der Waals surface area contributed by atoms with Gasteiger partial charge in [0.25, 0.3) is 0 Å². The lowest BCUT2D eigenvalue weighted by Gasteiger charge is -2.35. The molecule has 2 N–H and O–H groups in total. The minimum absolute atomic E-state index is 0.0583. The summed E-state index contributed by atoms with van der Waals surface area (Å²) in [5.74, 6) is 0.129. The van der Waals surface area contributed by atoms with Gasteiger partial charge in [-0.15, -0.1) is 0 Å². The van der Waals surface area contributed by atoms with Crippen molar-refractivity contribution in [3.05, 3.63) is 0 Å². The summed E-state index contributed by atoms with van der Waals surface area (Å²) >= 11 is 0. The van der Waals surface area contributed by atoms with Crippen LogP contribution in [0.4, 0.5) is 0 Å². The molecule has 0 aromatic heterocycles. The SMILES string of the molecule is NCC1CCCCN1C(=O)CCC(=O)N1CCOCC1. The van der Waals surface area contributed by atoms with Crippen molar-refractivity contribution in [2.24, 2.45) is 5.73 Å². The fourth-order valence-corrected chi connectivity index (χ4v) is 2.90. The number of carbonyl (C=O) groups excluding carboxylic acids is 2. The molecular formula is C14H25N3O3. The first-order valence-electron chi connectivity index (χ1n) is 7.57. The molecule has 0 spiro atoms. The number of piperidine rings is 1. The van der Waals surface area contributed by atoms with E-state index >= 15 is 0 Å². The van der Waals surface area contributed by atoms with Gasteiger partial charge in [-0.25, -0.2) is 0 Å². The summed E-state index contributed by atoms with van der Waals surface area (Å²) in [5.41, 5.74) is 5.72. The molecule has 2 amide bonds. The van der Waals surface area contributed by atoms with Crippen molar-refractivity contribution in [2.45, 2.75) is 38.1 Å². The minimum Gasteiger partial charge on any atom is -0.378 e. The van der Waals surface area contributed by atoms with Crippen LogP contribution in [0.3, 0.4) is 0 Å². The highest BCUT2D eigenvalue weighted by Crippen LogP contribution is 2.17. The third-order valence-electron chi connectivity index (χ3n) is 4.14. The molecule has 0 aromatic rings. The molecule has 0 radical (unpaired) electrons. The van der Waals surface area contributed by atoms with E-state index in [2.05, 4.69) is 0 Å². The summed E-state index contributed by atoms with van der Waals surface area (Å²) in [5, 5.41) is 0. The Hall–Kier alpha value is -1.14. The van der Waals surface area contributed by atoms with E-state index in [1.807, 2.05) is 4.90 Å². The summed E-state index contributed by atoms with van der Waals surface area (Å²) in [6.07, 6.45) is 3.76. The van der Waals surface area contributed by atoms with Gasteiger partial charge in [0.05, 0.1) is 13.2 Å². The van der Waals surface area contributed by atoms with Crippen LogP contribution in [0.1, 0.15) is 32.1 Å². The zero-order chi connectivity index (χ0) is 14.4. The normalized spacial score (nSPS) is 23.8. The van der Waals surface area contributed by atoms with Crippen LogP contribution >= 0.6 is 0 Å². The molecule has 2 aliphatic heterocycles. The van der Waals surface area contributed by atoms with Crippen LogP contribution in [0.15, 0.2) is 0 Å². The smallest absolute Gasteiger partial charge is 0.223 e. The molecule has 2 aliphatic rings. The second-order valence-corrected chi connectivity index (χ2v) is 5.47. The molecule has 1 atom stereocenters. The molecule has 114 valence electrons. The first-order valence-corrected chi connectivity index (χ1v) is 7.57. The van der Waals surface area contributed by atoms with E-state index < -0.39 is 0 Å². The molecule has 2 rings (SSSR count). The van der Waals surface area contributed by atoms with E-state index in [0.717, 1.165) is 25.8 Å². The van der Waals surface area contributed by atoms with Crippen LogP contribution in [0.25, 0.3) is 0 Å². The van der Waals surface area contributed by atoms with Gasteiger partial charge in [0.1, 0.15) is 0 Å². The van der Waals surface area contributed by atoms with Crippen LogP contribution in [0.2, 0.25) is 0 Å². The number of likely N-dealkylation sites (tertiary alicyclic amines) is 1. The van der Waals surface area contributed by atoms with E-state index in [4.69, 9.17) is 10.5 Å². The van der Waals surface area contributed by atoms with Crippen LogP contribution in [-0.2, 0) is 14.3 Å². The highest BCUT2D eigenvalue weighted by molar-refractivity contribution is 5.84. The van der Waals surface area contributed by atoms with Crippen molar-refractivity contribution >= 4 is 11.8 Å². The Labute approximate surface area is 120 Å². The zero-order valence-electron chi connectivity index (χ0n) is 12.1. The van der Waals surface area contributed by atoms with Gasteiger partial charge < -0.3 is 20.3 Å². The quantitative estimate of drug-likeness (QED) is 0.786. The molecule has 6 nitrogen and oxygen atoms in total. The summed E-state index contributed by atoms with van der Waals surface area (Å²) in [6, 6.07) is 0.162. The van der Waals surface area contributed by atoms with Gasteiger partial charge >= 0.3 is 0 Å². The monoisotopic (exact) mass is 283 g/mol. The molecule has 2 fully saturated rings. The number of hydrogen-bond acceptors (Lipinski definition) is 4. The fourth-order valence-electron chi connectivity index (χ4n) is 2.90. The number of morpholine rings is 1. The van der Waals surface area contributed by atoms with E-state index in [0.29, 0.717) is 45.7 Å². The molecule has 6 heteroatoms. The van der Waals surface area contributed by atoms with Crippen LogP contribution < -0.4 is 5.73 Å². The van der Waals surface area contributed by atoms with Gasteiger partial charge in [0.2, 0.25) is 11.8 Å². The maximum Gasteiger partial charge on any atom is 0.223 e. The van der Waals surface area contributed by atoms with Gasteiger partial charge in [-0.1, -0.05) is 0 Å². The zero-order valence-corrected chi connectivity index (χ0v) is 12.1. The molecule has 0 aromatic carbocycles. The highest BCUT2D eigenvalue weighted by atomic mass is 16.5. The number of nitrogens with two attached hydrogens (primary N) is 1. The van der Waals surface area contributed by atoms with Crippen molar-refractivity contribution in [2.75, 3.05) is 39.4 Å². The predicted molar refractivity (Wildman–Crippen MR) is 75.0 cm³/mol. The molecule has 0 aliphatic carbocycles. The largest absolute Gasteiger partial charge is 0.378 e. The lowest BCUT2D eigenvalue weighted by atomic mass is 10.0. The van der Waals surface area contributed by atoms with Crippen LogP contribution in [-0.4, -0.2) is 67.0 Å². The van der Waals surface area contributed by atoms with E-state index in [1.54, 1.807) is 4.90 Å². The highest BCUT2D eigenvalue weighted by Gasteiger charge is 2.26. The first kappa shape index (κ1) is 15.3. The van der Waals surface area contributed by atoms with Crippen molar-refractivity contribution in [1.82, 2.24) is 9.80 Å². The summed E-state index contributed by atoms with van der Waals surface area (Å²) in [4.78, 5) is 27.9. The predicted octanol–water partition coefficient (Wildman–Crippen LogP) is -0.0348. The minimum atomic E-state index is 0.0583. The fraction of sp³-hybridized carbons (Fsp3) is 0.857. The second kappa shape index (κ2) is 7.59. The van der Waals surface area contributed by atoms with Crippen LogP contribution in [0, 0.1) is 0 Å². The van der Waals surface area contributed by atoms with E-state index in [9.17, 15) is 9.59 Å². The number of rotatable bonds is 4. The maximum absolute atomic E-state index is 12.2. The Morgan fingerprint density at radius 1 is 1.05 bits per heavy atom. The Kier molecular flexibility index (Phi) is 5.79. The van der Waals surface area contributed by atoms with Crippen molar-refractivity contribution in [1.29, 1.82) is 0 Å². The van der Waals surface area contributed by atoms with Crippen molar-refractivity contribution in [3.63, 3.8) is 0 Å². The number of ether oxygens (including phenoxy) is 1. The lowest BCUT2D eigenvalue weighted by Crippen LogP contribution is -2.48. The second-order valence-electron chi connectivity index (χ2n) is 5.47. The third kappa shape index (κ3) is 3.93. The molecule has 20 heavy (non-hydrogen) atoms. The molecule has 0 saturated carbocycles. The number of amides is 2. The summed E-state index contributed by atoms with van der Waals surface area (Å²) in [7, 11) is 0. The van der Waals surface area contributed by atoms with Gasteiger partial charge in [0, 0.05) is 45.1 Å². The molecule has 0 bridgehead atoms. The third-order valence-corrected chi connectivity index (χ3v) is 4.14. The summed E-state index contributed by atoms with van der Waals surface area (Å²) < 4.78 is 5.22. The van der Waals surface area contributed by atoms with Crippen molar-refractivity contribution < 1.29 is 14.3 Å². The Balaban J connectivity index is 1.77. The molecule has 2 saturated heterocycles. The van der Waals surface area contributed by atoms with Gasteiger partial charge in [-0.2, -0.15) is 0 Å². The average Bonchev–Trinajstić information content (AvgIpc) is 2.53. The Morgan fingerprint density at radius 3 is 2.45 bits per heavy atom. The molecule has 1 unspecified atom stereocenters. The average molecular weight is 283 g/mol. The lowest BCUT2D eigenvalue weighted by molar-refractivity contribution is -0.140.